The molecule has 43 heavy (non-hydrogen) atoms. The first-order valence-electron chi connectivity index (χ1n) is 13.4. The lowest BCUT2D eigenvalue weighted by Gasteiger charge is -2.25. The molecule has 0 spiro atoms. The van der Waals surface area contributed by atoms with Gasteiger partial charge in [-0.05, 0) is 52.0 Å². The zero-order valence-corrected chi connectivity index (χ0v) is 24.6. The van der Waals surface area contributed by atoms with Crippen molar-refractivity contribution in [2.75, 3.05) is 6.61 Å². The van der Waals surface area contributed by atoms with Crippen LogP contribution in [0.25, 0.3) is 16.7 Å². The summed E-state index contributed by atoms with van der Waals surface area (Å²) in [7, 11) is -4.45. The van der Waals surface area contributed by atoms with Crippen molar-refractivity contribution < 1.29 is 37.4 Å². The van der Waals surface area contributed by atoms with Gasteiger partial charge in [0.25, 0.3) is 5.56 Å². The molecule has 0 bridgehead atoms. The van der Waals surface area contributed by atoms with Crippen LogP contribution in [0.5, 0.6) is 5.75 Å². The maximum Gasteiger partial charge on any atom is 0.459 e. The summed E-state index contributed by atoms with van der Waals surface area (Å²) in [5.41, 5.74) is -2.21. The number of rotatable bonds is 10. The zero-order chi connectivity index (χ0) is 31.1. The van der Waals surface area contributed by atoms with Crippen LogP contribution < -0.4 is 20.9 Å². The second kappa shape index (κ2) is 11.7. The van der Waals surface area contributed by atoms with Crippen molar-refractivity contribution in [2.24, 2.45) is 0 Å². The topological polar surface area (TPSA) is 175 Å². The van der Waals surface area contributed by atoms with Crippen molar-refractivity contribution in [1.29, 1.82) is 0 Å². The average Bonchev–Trinajstić information content (AvgIpc) is 3.40. The summed E-state index contributed by atoms with van der Waals surface area (Å²) >= 11 is 0. The number of hydrogen-bond acceptors (Lipinski definition) is 10. The van der Waals surface area contributed by atoms with Crippen LogP contribution in [-0.4, -0.2) is 66.6 Å². The van der Waals surface area contributed by atoms with E-state index in [1.165, 1.54) is 19.1 Å². The van der Waals surface area contributed by atoms with Gasteiger partial charge in [-0.1, -0.05) is 6.07 Å². The molecule has 1 fully saturated rings. The molecule has 4 heterocycles. The van der Waals surface area contributed by atoms with E-state index in [4.69, 9.17) is 18.5 Å². The van der Waals surface area contributed by atoms with Crippen LogP contribution in [0.2, 0.25) is 0 Å². The second-order valence-electron chi connectivity index (χ2n) is 10.6. The molecular formula is C27H31FN5O9P. The van der Waals surface area contributed by atoms with Gasteiger partial charge in [0.15, 0.2) is 11.9 Å². The van der Waals surface area contributed by atoms with Crippen molar-refractivity contribution in [3.8, 4) is 5.75 Å². The molecular weight excluding hydrogens is 588 g/mol. The fourth-order valence-corrected chi connectivity index (χ4v) is 6.19. The minimum Gasteiger partial charge on any atom is -0.462 e. The molecule has 14 nitrogen and oxygen atoms in total. The van der Waals surface area contributed by atoms with E-state index in [9.17, 15) is 24.1 Å². The van der Waals surface area contributed by atoms with Gasteiger partial charge >= 0.3 is 19.4 Å². The summed E-state index contributed by atoms with van der Waals surface area (Å²) in [6.45, 7) is 5.04. The quantitative estimate of drug-likeness (QED) is 0.176. The number of fused-ring (bicyclic) bond motifs is 3. The van der Waals surface area contributed by atoms with E-state index in [1.54, 1.807) is 19.9 Å². The summed E-state index contributed by atoms with van der Waals surface area (Å²) < 4.78 is 54.5. The number of alkyl halides is 1. The molecule has 3 aromatic heterocycles. The van der Waals surface area contributed by atoms with E-state index in [0.29, 0.717) is 11.2 Å². The number of H-pyrrole nitrogens is 1. The van der Waals surface area contributed by atoms with Gasteiger partial charge in [-0.25, -0.2) is 18.7 Å². The molecule has 1 aliphatic heterocycles. The lowest BCUT2D eigenvalue weighted by molar-refractivity contribution is -0.149. The molecule has 1 aromatic carbocycles. The molecule has 1 aliphatic rings. The van der Waals surface area contributed by atoms with E-state index in [2.05, 4.69) is 10.1 Å². The van der Waals surface area contributed by atoms with E-state index >= 15 is 4.39 Å². The third-order valence-corrected chi connectivity index (χ3v) is 8.44. The van der Waals surface area contributed by atoms with Crippen LogP contribution >= 0.6 is 7.75 Å². The molecule has 6 atom stereocenters. The summed E-state index contributed by atoms with van der Waals surface area (Å²) in [5.74, 6) is -0.652. The third-order valence-electron chi connectivity index (χ3n) is 6.79. The number of carbonyl (C=O) groups excluding carboxylic acids is 1. The van der Waals surface area contributed by atoms with Crippen LogP contribution in [0.1, 0.15) is 33.9 Å². The van der Waals surface area contributed by atoms with Crippen molar-refractivity contribution in [3.05, 3.63) is 75.7 Å². The summed E-state index contributed by atoms with van der Waals surface area (Å²) in [4.78, 5) is 42.8. The molecule has 0 amide bonds. The Balaban J connectivity index is 1.40. The van der Waals surface area contributed by atoms with Gasteiger partial charge in [-0.2, -0.15) is 5.09 Å². The Bertz CT molecular complexity index is 1820. The zero-order valence-electron chi connectivity index (χ0n) is 23.7. The molecule has 4 aromatic rings. The number of benzene rings is 1. The molecule has 1 unspecified atom stereocenters. The molecule has 16 heteroatoms. The number of esters is 1. The van der Waals surface area contributed by atoms with E-state index in [0.717, 1.165) is 29.3 Å². The highest BCUT2D eigenvalue weighted by Gasteiger charge is 2.56. The SMILES string of the molecule is CC(C)OC(=O)[C@H](C)NP(=O)(OC[C@H]1O[C@@H](n2ccc(=O)[nH]c2=O)[C@](C)(F)[C@@H]1O)Oc1ccc2c(c1)nc1ccccn12. The Morgan fingerprint density at radius 3 is 2.72 bits per heavy atom. The lowest BCUT2D eigenvalue weighted by atomic mass is 9.98. The van der Waals surface area contributed by atoms with Crippen LogP contribution in [0.4, 0.5) is 4.39 Å². The number of aliphatic hydroxyl groups is 1. The Labute approximate surface area is 243 Å². The fraction of sp³-hybridized carbons (Fsp3) is 0.407. The van der Waals surface area contributed by atoms with E-state index < -0.39 is 67.8 Å². The first-order valence-corrected chi connectivity index (χ1v) is 14.9. The second-order valence-corrected chi connectivity index (χ2v) is 12.2. The van der Waals surface area contributed by atoms with E-state index in [-0.39, 0.29) is 5.75 Å². The van der Waals surface area contributed by atoms with Crippen LogP contribution in [0, 0.1) is 0 Å². The maximum absolute atomic E-state index is 15.7. The molecule has 3 N–H and O–H groups in total. The Kier molecular flexibility index (Phi) is 8.29. The highest BCUT2D eigenvalue weighted by molar-refractivity contribution is 7.52. The van der Waals surface area contributed by atoms with Gasteiger partial charge in [-0.3, -0.25) is 28.1 Å². The van der Waals surface area contributed by atoms with Gasteiger partial charge in [0, 0.05) is 24.5 Å². The first kappa shape index (κ1) is 30.6. The standard InChI is InChI=1S/C27H31FN5O9P/c1-15(2)40-24(36)16(3)31-43(38,42-17-8-9-19-18(13-17)29-21-7-5-6-11-32(19)21)39-14-20-23(35)27(4,28)25(41-20)33-12-10-22(34)30-26(33)37/h5-13,15-16,20,23,25,35H,14H2,1-4H3,(H,31,38)(H,30,34,37)/t16-,20+,23+,25+,27+,43?/m0/s1. The number of nitrogens with zero attached hydrogens (tertiary/aromatic N) is 3. The van der Waals surface area contributed by atoms with Gasteiger partial charge in [-0.15, -0.1) is 0 Å². The number of halogens is 1. The van der Waals surface area contributed by atoms with Crippen LogP contribution in [0.3, 0.4) is 0 Å². The van der Waals surface area contributed by atoms with Crippen molar-refractivity contribution >= 4 is 30.4 Å². The Morgan fingerprint density at radius 1 is 1.23 bits per heavy atom. The predicted octanol–water partition coefficient (Wildman–Crippen LogP) is 2.46. The number of aromatic amines is 1. The van der Waals surface area contributed by atoms with Gasteiger partial charge in [0.1, 0.15) is 29.6 Å². The van der Waals surface area contributed by atoms with Crippen molar-refractivity contribution in [2.45, 2.75) is 63.9 Å². The Morgan fingerprint density at radius 2 is 2.00 bits per heavy atom. The minimum atomic E-state index is -4.45. The molecule has 0 aliphatic carbocycles. The van der Waals surface area contributed by atoms with E-state index in [1.807, 2.05) is 33.8 Å². The summed E-state index contributed by atoms with van der Waals surface area (Å²) in [5, 5.41) is 13.3. The normalized spacial score (nSPS) is 24.3. The summed E-state index contributed by atoms with van der Waals surface area (Å²) in [6, 6.07) is 10.1. The molecule has 1 saturated heterocycles. The van der Waals surface area contributed by atoms with Crippen molar-refractivity contribution in [1.82, 2.24) is 24.0 Å². The first-order chi connectivity index (χ1) is 20.3. The predicted molar refractivity (Wildman–Crippen MR) is 151 cm³/mol. The smallest absolute Gasteiger partial charge is 0.459 e. The van der Waals surface area contributed by atoms with Gasteiger partial charge in [0.2, 0.25) is 0 Å². The molecule has 0 radical (unpaired) electrons. The number of nitrogens with one attached hydrogen (secondary N) is 2. The number of aromatic nitrogens is 4. The lowest BCUT2D eigenvalue weighted by Crippen LogP contribution is -2.43. The number of pyridine rings is 1. The van der Waals surface area contributed by atoms with Gasteiger partial charge < -0.3 is 19.1 Å². The van der Waals surface area contributed by atoms with Crippen LogP contribution in [0.15, 0.2) is 64.4 Å². The number of imidazole rings is 1. The average molecular weight is 620 g/mol. The van der Waals surface area contributed by atoms with Gasteiger partial charge in [0.05, 0.1) is 23.7 Å². The number of aliphatic hydroxyl groups excluding tert-OH is 1. The molecule has 5 rings (SSSR count). The number of ether oxygens (including phenoxy) is 2. The van der Waals surface area contributed by atoms with Crippen LogP contribution in [-0.2, 0) is 23.4 Å². The maximum atomic E-state index is 15.7. The fourth-order valence-electron chi connectivity index (χ4n) is 4.69. The minimum absolute atomic E-state index is 0.0806. The number of carbonyl (C=O) groups is 1. The Hall–Kier alpha value is -3.88. The van der Waals surface area contributed by atoms with Crippen molar-refractivity contribution in [3.63, 3.8) is 0 Å². The number of hydrogen-bond donors (Lipinski definition) is 3. The highest BCUT2D eigenvalue weighted by atomic mass is 31.2. The molecule has 230 valence electrons. The highest BCUT2D eigenvalue weighted by Crippen LogP contribution is 2.48. The monoisotopic (exact) mass is 619 g/mol. The molecule has 0 saturated carbocycles. The largest absolute Gasteiger partial charge is 0.462 e. The summed E-state index contributed by atoms with van der Waals surface area (Å²) in [6.07, 6.45) is -2.51. The third kappa shape index (κ3) is 6.26.